The number of hydrogen-bond donors (Lipinski definition) is 1. The van der Waals surface area contributed by atoms with Gasteiger partial charge < -0.3 is 15.0 Å². The molecule has 1 N–H and O–H groups in total. The molecule has 4 nitrogen and oxygen atoms in total. The fourth-order valence-electron chi connectivity index (χ4n) is 3.50. The number of rotatable bonds is 7. The second kappa shape index (κ2) is 9.62. The lowest BCUT2D eigenvalue weighted by atomic mass is 9.91. The number of ether oxygens (including phenoxy) is 1. The fourth-order valence-corrected chi connectivity index (χ4v) is 3.50. The van der Waals surface area contributed by atoms with Gasteiger partial charge in [-0.1, -0.05) is 30.3 Å². The minimum atomic E-state index is -0.298. The molecule has 1 aliphatic heterocycles. The Labute approximate surface area is 160 Å². The molecule has 2 aromatic rings. The average Bonchev–Trinajstić information content (AvgIpc) is 2.72. The largest absolute Gasteiger partial charge is 0.383 e. The molecule has 0 aliphatic carbocycles. The summed E-state index contributed by atoms with van der Waals surface area (Å²) in [5, 5.41) is 3.42. The summed E-state index contributed by atoms with van der Waals surface area (Å²) < 4.78 is 19.2. The van der Waals surface area contributed by atoms with E-state index in [9.17, 15) is 9.18 Å². The summed E-state index contributed by atoms with van der Waals surface area (Å²) in [7, 11) is 1.60. The molecule has 144 valence electrons. The van der Waals surface area contributed by atoms with Crippen LogP contribution in [-0.4, -0.2) is 44.2 Å². The maximum absolute atomic E-state index is 14.0. The number of carbonyl (C=O) groups is 1. The first-order chi connectivity index (χ1) is 13.2. The maximum atomic E-state index is 14.0. The lowest BCUT2D eigenvalue weighted by Crippen LogP contribution is -2.33. The number of nitrogens with zero attached hydrogens (tertiary/aromatic N) is 1. The van der Waals surface area contributed by atoms with E-state index in [1.54, 1.807) is 30.2 Å². The Morgan fingerprint density at radius 1 is 1.22 bits per heavy atom. The molecule has 3 rings (SSSR count). The molecule has 0 bridgehead atoms. The number of halogens is 1. The van der Waals surface area contributed by atoms with Gasteiger partial charge in [-0.3, -0.25) is 4.79 Å². The number of piperidine rings is 1. The van der Waals surface area contributed by atoms with Crippen molar-refractivity contribution in [3.05, 3.63) is 71.0 Å². The summed E-state index contributed by atoms with van der Waals surface area (Å²) in [6, 6.07) is 14.4. The molecule has 0 spiro atoms. The highest BCUT2D eigenvalue weighted by molar-refractivity contribution is 5.94. The predicted molar refractivity (Wildman–Crippen MR) is 104 cm³/mol. The van der Waals surface area contributed by atoms with Gasteiger partial charge in [0, 0.05) is 37.9 Å². The summed E-state index contributed by atoms with van der Waals surface area (Å²) in [4.78, 5) is 14.6. The Balaban J connectivity index is 1.73. The lowest BCUT2D eigenvalue weighted by Gasteiger charge is -2.25. The molecule has 0 radical (unpaired) electrons. The minimum Gasteiger partial charge on any atom is -0.383 e. The van der Waals surface area contributed by atoms with Crippen LogP contribution in [0.25, 0.3) is 0 Å². The maximum Gasteiger partial charge on any atom is 0.254 e. The van der Waals surface area contributed by atoms with E-state index in [4.69, 9.17) is 4.74 Å². The highest BCUT2D eigenvalue weighted by Gasteiger charge is 2.19. The standard InChI is InChI=1S/C22H27FN2O2/c1-27-14-13-25(16-20-5-2-3-7-21(20)23)22(26)18-10-8-17(9-11-18)19-6-4-12-24-15-19/h2-3,5,7-11,19,24H,4,6,12-16H2,1H3/t19-/m1/s1. The zero-order valence-electron chi connectivity index (χ0n) is 15.8. The zero-order valence-corrected chi connectivity index (χ0v) is 15.8. The van der Waals surface area contributed by atoms with Gasteiger partial charge in [-0.2, -0.15) is 0 Å². The van der Waals surface area contributed by atoms with Crippen LogP contribution in [0.3, 0.4) is 0 Å². The van der Waals surface area contributed by atoms with Gasteiger partial charge in [0.1, 0.15) is 5.82 Å². The first-order valence-electron chi connectivity index (χ1n) is 9.51. The van der Waals surface area contributed by atoms with Crippen LogP contribution in [0.15, 0.2) is 48.5 Å². The number of benzene rings is 2. The molecule has 1 heterocycles. The second-order valence-electron chi connectivity index (χ2n) is 6.98. The van der Waals surface area contributed by atoms with E-state index in [1.807, 2.05) is 24.3 Å². The van der Waals surface area contributed by atoms with Crippen molar-refractivity contribution in [1.82, 2.24) is 10.2 Å². The Kier molecular flexibility index (Phi) is 6.96. The van der Waals surface area contributed by atoms with E-state index in [0.29, 0.717) is 30.2 Å². The third-order valence-corrected chi connectivity index (χ3v) is 5.10. The van der Waals surface area contributed by atoms with Crippen molar-refractivity contribution < 1.29 is 13.9 Å². The van der Waals surface area contributed by atoms with E-state index in [2.05, 4.69) is 5.32 Å². The normalized spacial score (nSPS) is 16.9. The molecule has 1 aliphatic rings. The SMILES string of the molecule is COCCN(Cc1ccccc1F)C(=O)c1ccc([C@@H]2CCCNC2)cc1. The predicted octanol–water partition coefficient (Wildman–Crippen LogP) is 3.58. The lowest BCUT2D eigenvalue weighted by molar-refractivity contribution is 0.0678. The van der Waals surface area contributed by atoms with Crippen molar-refractivity contribution in [3.8, 4) is 0 Å². The summed E-state index contributed by atoms with van der Waals surface area (Å²) in [6.07, 6.45) is 2.35. The van der Waals surface area contributed by atoms with Crippen molar-refractivity contribution in [2.24, 2.45) is 0 Å². The summed E-state index contributed by atoms with van der Waals surface area (Å²) in [5.41, 5.74) is 2.39. The minimum absolute atomic E-state index is 0.108. The van der Waals surface area contributed by atoms with Crippen LogP contribution in [0, 0.1) is 5.82 Å². The van der Waals surface area contributed by atoms with Gasteiger partial charge in [0.15, 0.2) is 0 Å². The van der Waals surface area contributed by atoms with Gasteiger partial charge in [-0.05, 0) is 49.1 Å². The van der Waals surface area contributed by atoms with Crippen molar-refractivity contribution in [2.75, 3.05) is 33.4 Å². The average molecular weight is 370 g/mol. The van der Waals surface area contributed by atoms with E-state index in [1.165, 1.54) is 24.5 Å². The van der Waals surface area contributed by atoms with Gasteiger partial charge >= 0.3 is 0 Å². The number of hydrogen-bond acceptors (Lipinski definition) is 3. The monoisotopic (exact) mass is 370 g/mol. The van der Waals surface area contributed by atoms with Crippen molar-refractivity contribution >= 4 is 5.91 Å². The summed E-state index contributed by atoms with van der Waals surface area (Å²) >= 11 is 0. The number of nitrogens with one attached hydrogen (secondary N) is 1. The van der Waals surface area contributed by atoms with E-state index in [0.717, 1.165) is 13.1 Å². The van der Waals surface area contributed by atoms with Crippen LogP contribution in [0.4, 0.5) is 4.39 Å². The highest BCUT2D eigenvalue weighted by Crippen LogP contribution is 2.24. The van der Waals surface area contributed by atoms with E-state index < -0.39 is 0 Å². The molecule has 1 atom stereocenters. The summed E-state index contributed by atoms with van der Waals surface area (Å²) in [6.45, 7) is 3.12. The van der Waals surface area contributed by atoms with Crippen LogP contribution >= 0.6 is 0 Å². The van der Waals surface area contributed by atoms with Gasteiger partial charge in [-0.25, -0.2) is 4.39 Å². The molecule has 1 amide bonds. The molecule has 0 aromatic heterocycles. The van der Waals surface area contributed by atoms with Gasteiger partial charge in [0.25, 0.3) is 5.91 Å². The van der Waals surface area contributed by atoms with Crippen molar-refractivity contribution in [2.45, 2.75) is 25.3 Å². The molecule has 27 heavy (non-hydrogen) atoms. The topological polar surface area (TPSA) is 41.6 Å². The quantitative estimate of drug-likeness (QED) is 0.810. The second-order valence-corrected chi connectivity index (χ2v) is 6.98. The molecule has 1 fully saturated rings. The van der Waals surface area contributed by atoms with Crippen molar-refractivity contribution in [3.63, 3.8) is 0 Å². The van der Waals surface area contributed by atoms with Gasteiger partial charge in [0.2, 0.25) is 0 Å². The van der Waals surface area contributed by atoms with Crippen LogP contribution in [-0.2, 0) is 11.3 Å². The summed E-state index contributed by atoms with van der Waals surface area (Å²) in [5.74, 6) is 0.0994. The third-order valence-electron chi connectivity index (χ3n) is 5.10. The molecule has 0 saturated carbocycles. The van der Waals surface area contributed by atoms with E-state index in [-0.39, 0.29) is 18.3 Å². The molecular weight excluding hydrogens is 343 g/mol. The van der Waals surface area contributed by atoms with Crippen molar-refractivity contribution in [1.29, 1.82) is 0 Å². The number of methoxy groups -OCH3 is 1. The van der Waals surface area contributed by atoms with Crippen LogP contribution < -0.4 is 5.32 Å². The Morgan fingerprint density at radius 3 is 2.67 bits per heavy atom. The van der Waals surface area contributed by atoms with Gasteiger partial charge in [-0.15, -0.1) is 0 Å². The van der Waals surface area contributed by atoms with E-state index >= 15 is 0 Å². The number of carbonyl (C=O) groups excluding carboxylic acids is 1. The molecular formula is C22H27FN2O2. The third kappa shape index (κ3) is 5.15. The molecule has 5 heteroatoms. The van der Waals surface area contributed by atoms with Crippen LogP contribution in [0.5, 0.6) is 0 Å². The zero-order chi connectivity index (χ0) is 19.1. The molecule has 0 unspecified atom stereocenters. The Morgan fingerprint density at radius 2 is 2.00 bits per heavy atom. The molecule has 2 aromatic carbocycles. The smallest absolute Gasteiger partial charge is 0.254 e. The first-order valence-corrected chi connectivity index (χ1v) is 9.51. The molecule has 1 saturated heterocycles. The Hall–Kier alpha value is -2.24. The van der Waals surface area contributed by atoms with Crippen LogP contribution in [0.2, 0.25) is 0 Å². The fraction of sp³-hybridized carbons (Fsp3) is 0.409. The van der Waals surface area contributed by atoms with Crippen LogP contribution in [0.1, 0.15) is 40.2 Å². The highest BCUT2D eigenvalue weighted by atomic mass is 19.1. The number of amides is 1. The van der Waals surface area contributed by atoms with Gasteiger partial charge in [0.05, 0.1) is 6.61 Å². The Bertz CT molecular complexity index is 742. The first kappa shape index (κ1) is 19.5.